The van der Waals surface area contributed by atoms with Crippen LogP contribution < -0.4 is 0 Å². The van der Waals surface area contributed by atoms with Crippen LogP contribution in [-0.2, 0) is 6.42 Å². The van der Waals surface area contributed by atoms with Gasteiger partial charge < -0.3 is 0 Å². The van der Waals surface area contributed by atoms with Crippen molar-refractivity contribution in [3.8, 4) is 0 Å². The van der Waals surface area contributed by atoms with Crippen molar-refractivity contribution in [1.82, 2.24) is 0 Å². The predicted molar refractivity (Wildman–Crippen MR) is 129 cm³/mol. The maximum Gasteiger partial charge on any atom is 0.00207 e. The molecule has 4 aliphatic rings. The van der Waals surface area contributed by atoms with Crippen LogP contribution in [0.15, 0.2) is 53.1 Å². The van der Waals surface area contributed by atoms with Crippen LogP contribution in [0.3, 0.4) is 0 Å². The van der Waals surface area contributed by atoms with Crippen LogP contribution in [0.1, 0.15) is 86.3 Å². The van der Waals surface area contributed by atoms with Crippen molar-refractivity contribution < 1.29 is 0 Å². The number of hydrogen-bond donors (Lipinski definition) is 0. The van der Waals surface area contributed by atoms with E-state index in [0.717, 1.165) is 6.42 Å². The third-order valence-electron chi connectivity index (χ3n) is 11.7. The van der Waals surface area contributed by atoms with Crippen molar-refractivity contribution in [3.05, 3.63) is 64.3 Å². The van der Waals surface area contributed by atoms with Gasteiger partial charge in [0, 0.05) is 5.41 Å². The van der Waals surface area contributed by atoms with E-state index in [0.29, 0.717) is 5.92 Å². The first-order valence-corrected chi connectivity index (χ1v) is 12.1. The summed E-state index contributed by atoms with van der Waals surface area (Å²) < 4.78 is 0. The Bertz CT molecular complexity index is 1030. The van der Waals surface area contributed by atoms with Gasteiger partial charge >= 0.3 is 0 Å². The molecule has 5 rings (SSSR count). The second-order valence-electron chi connectivity index (χ2n) is 12.8. The van der Waals surface area contributed by atoms with Crippen molar-refractivity contribution in [1.29, 1.82) is 0 Å². The summed E-state index contributed by atoms with van der Waals surface area (Å²) in [6.45, 7) is 23.2. The quantitative estimate of drug-likeness (QED) is 0.410. The highest BCUT2D eigenvalue weighted by Crippen LogP contribution is 2.79. The minimum atomic E-state index is 0.135. The molecule has 2 atom stereocenters. The maximum atomic E-state index is 2.65. The van der Waals surface area contributed by atoms with E-state index in [1.165, 1.54) is 24.0 Å². The van der Waals surface area contributed by atoms with Crippen molar-refractivity contribution in [2.24, 2.45) is 33.0 Å². The van der Waals surface area contributed by atoms with E-state index < -0.39 is 0 Å². The molecule has 0 heteroatoms. The lowest BCUT2D eigenvalue weighted by Gasteiger charge is -2.74. The number of hydrogen-bond acceptors (Lipinski definition) is 0. The van der Waals surface area contributed by atoms with E-state index in [2.05, 4.69) is 98.7 Å². The minimum absolute atomic E-state index is 0.135. The Kier molecular flexibility index (Phi) is 3.81. The fourth-order valence-corrected chi connectivity index (χ4v) is 8.29. The Labute approximate surface area is 184 Å². The van der Waals surface area contributed by atoms with Gasteiger partial charge in [-0.05, 0) is 74.7 Å². The van der Waals surface area contributed by atoms with Gasteiger partial charge in [-0.15, -0.1) is 0 Å². The molecular formula is C30H40. The molecule has 1 fully saturated rings. The van der Waals surface area contributed by atoms with Crippen LogP contribution in [-0.4, -0.2) is 0 Å². The summed E-state index contributed by atoms with van der Waals surface area (Å²) in [6.07, 6.45) is 8.53. The fraction of sp³-hybridized carbons (Fsp3) is 0.600. The second-order valence-corrected chi connectivity index (χ2v) is 12.8. The van der Waals surface area contributed by atoms with Crippen LogP contribution in [0.2, 0.25) is 0 Å². The van der Waals surface area contributed by atoms with Gasteiger partial charge in [0.25, 0.3) is 0 Å². The van der Waals surface area contributed by atoms with Gasteiger partial charge in [0.1, 0.15) is 0 Å². The summed E-state index contributed by atoms with van der Waals surface area (Å²) in [7, 11) is 0. The van der Waals surface area contributed by atoms with Gasteiger partial charge in [-0.3, -0.25) is 0 Å². The Morgan fingerprint density at radius 2 is 1.47 bits per heavy atom. The number of allylic oxidation sites excluding steroid dienone is 6. The SMILES string of the molecule is CC1(C)C2=C3Cc4ccccc4C3=C3C=CCCC3C2(C)C(C)(C)C(C)(C)C1(C)C. The first kappa shape index (κ1) is 20.3. The van der Waals surface area contributed by atoms with E-state index in [1.54, 1.807) is 22.3 Å². The molecule has 30 heavy (non-hydrogen) atoms. The molecule has 0 amide bonds. The van der Waals surface area contributed by atoms with Gasteiger partial charge in [0.15, 0.2) is 0 Å². The third-order valence-corrected chi connectivity index (χ3v) is 11.7. The first-order valence-electron chi connectivity index (χ1n) is 12.1. The molecule has 1 saturated carbocycles. The molecule has 0 radical (unpaired) electrons. The standard InChI is InChI=1S/C30H40/c1-26(2)25-22-18-19-14-10-11-15-20(19)24(22)21-16-12-13-17-23(21)30(25,9)29(7,8)28(5,6)27(26,3)4/h10-12,14-16,23H,13,17-18H2,1-9H3. The fourth-order valence-electron chi connectivity index (χ4n) is 8.29. The largest absolute Gasteiger partial charge is 0.0842 e. The summed E-state index contributed by atoms with van der Waals surface area (Å²) >= 11 is 0. The minimum Gasteiger partial charge on any atom is -0.0842 e. The Morgan fingerprint density at radius 3 is 2.17 bits per heavy atom. The summed E-state index contributed by atoms with van der Waals surface area (Å²) in [5.74, 6) is 0.604. The average Bonchev–Trinajstić information content (AvgIpc) is 3.05. The molecule has 0 spiro atoms. The summed E-state index contributed by atoms with van der Waals surface area (Å²) in [5, 5.41) is 0. The highest BCUT2D eigenvalue weighted by Gasteiger charge is 2.71. The zero-order valence-electron chi connectivity index (χ0n) is 20.7. The van der Waals surface area contributed by atoms with Crippen molar-refractivity contribution >= 4 is 5.57 Å². The van der Waals surface area contributed by atoms with Crippen LogP contribution in [0.4, 0.5) is 0 Å². The van der Waals surface area contributed by atoms with Crippen molar-refractivity contribution in [2.75, 3.05) is 0 Å². The molecule has 0 bridgehead atoms. The molecule has 0 aromatic heterocycles. The number of rotatable bonds is 0. The Hall–Kier alpha value is -1.56. The zero-order valence-corrected chi connectivity index (χ0v) is 20.7. The van der Waals surface area contributed by atoms with Crippen molar-refractivity contribution in [3.63, 3.8) is 0 Å². The van der Waals surface area contributed by atoms with Gasteiger partial charge in [0.05, 0.1) is 0 Å². The maximum absolute atomic E-state index is 2.65. The molecule has 0 nitrogen and oxygen atoms in total. The molecule has 0 aliphatic heterocycles. The smallest absolute Gasteiger partial charge is 0.00207 e. The van der Waals surface area contributed by atoms with Crippen LogP contribution >= 0.6 is 0 Å². The van der Waals surface area contributed by atoms with E-state index in [9.17, 15) is 0 Å². The van der Waals surface area contributed by atoms with Gasteiger partial charge in [-0.1, -0.05) is 104 Å². The van der Waals surface area contributed by atoms with E-state index in [4.69, 9.17) is 0 Å². The first-order chi connectivity index (χ1) is 13.8. The van der Waals surface area contributed by atoms with Crippen LogP contribution in [0.25, 0.3) is 5.57 Å². The lowest BCUT2D eigenvalue weighted by Crippen LogP contribution is -2.67. The summed E-state index contributed by atoms with van der Waals surface area (Å²) in [5.41, 5.74) is 10.6. The van der Waals surface area contributed by atoms with E-state index >= 15 is 0 Å². The average molecular weight is 401 g/mol. The van der Waals surface area contributed by atoms with Crippen molar-refractivity contribution in [2.45, 2.75) is 81.6 Å². The van der Waals surface area contributed by atoms with Gasteiger partial charge in [0.2, 0.25) is 0 Å². The monoisotopic (exact) mass is 400 g/mol. The Morgan fingerprint density at radius 1 is 0.800 bits per heavy atom. The molecule has 0 N–H and O–H groups in total. The zero-order chi connectivity index (χ0) is 21.9. The highest BCUT2D eigenvalue weighted by atomic mass is 14.7. The number of fused-ring (bicyclic) bond motifs is 6. The normalized spacial score (nSPS) is 34.2. The number of benzene rings is 1. The van der Waals surface area contributed by atoms with Crippen LogP contribution in [0, 0.1) is 33.0 Å². The third kappa shape index (κ3) is 1.92. The summed E-state index contributed by atoms with van der Waals surface area (Å²) in [4.78, 5) is 0. The molecule has 1 aromatic rings. The van der Waals surface area contributed by atoms with Crippen LogP contribution in [0.5, 0.6) is 0 Å². The van der Waals surface area contributed by atoms with E-state index in [-0.39, 0.29) is 27.1 Å². The summed E-state index contributed by atoms with van der Waals surface area (Å²) in [6, 6.07) is 9.20. The molecule has 160 valence electrons. The second kappa shape index (κ2) is 5.62. The predicted octanol–water partition coefficient (Wildman–Crippen LogP) is 8.40. The molecule has 2 unspecified atom stereocenters. The molecule has 4 aliphatic carbocycles. The molecular weight excluding hydrogens is 360 g/mol. The molecule has 0 saturated heterocycles. The lowest BCUT2D eigenvalue weighted by molar-refractivity contribution is -0.188. The Balaban J connectivity index is 1.95. The highest BCUT2D eigenvalue weighted by molar-refractivity contribution is 5.92. The van der Waals surface area contributed by atoms with Gasteiger partial charge in [-0.25, -0.2) is 0 Å². The molecule has 1 aromatic carbocycles. The lowest BCUT2D eigenvalue weighted by atomic mass is 9.30. The topological polar surface area (TPSA) is 0 Å². The van der Waals surface area contributed by atoms with Gasteiger partial charge in [-0.2, -0.15) is 0 Å². The molecule has 0 heterocycles. The van der Waals surface area contributed by atoms with E-state index in [1.807, 2.05) is 0 Å².